The molecule has 10 heterocycles. The Hall–Kier alpha value is -4.39. The maximum absolute atomic E-state index is 6.30. The van der Waals surface area contributed by atoms with E-state index in [1.165, 1.54) is 90.2 Å². The maximum atomic E-state index is 6.30. The molecule has 0 amide bonds. The van der Waals surface area contributed by atoms with Crippen molar-refractivity contribution < 1.29 is 22.8 Å². The molecule has 0 N–H and O–H groups in total. The molecule has 6 unspecified atom stereocenters. The summed E-state index contributed by atoms with van der Waals surface area (Å²) in [4.78, 5) is 0. The van der Waals surface area contributed by atoms with Crippen LogP contribution < -0.4 is 45.2 Å². The minimum atomic E-state index is -0.612. The van der Waals surface area contributed by atoms with E-state index in [2.05, 4.69) is 258 Å². The van der Waals surface area contributed by atoms with E-state index in [1.807, 2.05) is 64.7 Å². The second kappa shape index (κ2) is 42.0. The van der Waals surface area contributed by atoms with Crippen molar-refractivity contribution >= 4 is 327 Å². The molecule has 124 heavy (non-hydrogen) atoms. The van der Waals surface area contributed by atoms with Crippen LogP contribution in [-0.4, -0.2) is 299 Å². The van der Waals surface area contributed by atoms with Gasteiger partial charge < -0.3 is 0 Å². The van der Waals surface area contributed by atoms with Crippen molar-refractivity contribution in [2.75, 3.05) is 0 Å². The second-order valence-corrected chi connectivity index (χ2v) is 38.0. The molecule has 4 aromatic carbocycles. The van der Waals surface area contributed by atoms with Gasteiger partial charge in [0.2, 0.25) is 0 Å². The van der Waals surface area contributed by atoms with Gasteiger partial charge in [0.1, 0.15) is 56.3 Å². The Morgan fingerprint density at radius 1 is 0.411 bits per heavy atom. The molecule has 0 saturated carbocycles. The number of benzene rings is 4. The lowest BCUT2D eigenvalue weighted by Gasteiger charge is -2.33. The first-order valence-electron chi connectivity index (χ1n) is 44.5. The highest BCUT2D eigenvalue weighted by Crippen LogP contribution is 2.67. The van der Waals surface area contributed by atoms with E-state index in [0.717, 1.165) is 24.3 Å². The molecule has 5 aliphatic rings. The summed E-state index contributed by atoms with van der Waals surface area (Å²) in [6.07, 6.45) is 8.31. The van der Waals surface area contributed by atoms with Gasteiger partial charge in [-0.15, -0.1) is 20.5 Å². The van der Waals surface area contributed by atoms with Gasteiger partial charge in [-0.2, -0.15) is 4.57 Å². The second-order valence-electron chi connectivity index (χ2n) is 38.0. The summed E-state index contributed by atoms with van der Waals surface area (Å²) in [5.74, 6) is 4.74. The molecule has 44 radical (unpaired) electrons. The third-order valence-corrected chi connectivity index (χ3v) is 29.6. The zero-order valence-electron chi connectivity index (χ0n) is 77.1. The van der Waals surface area contributed by atoms with E-state index in [4.69, 9.17) is 155 Å². The molecule has 14 rings (SSSR count). The smallest absolute Gasteiger partial charge is 0.230 e. The number of hydrogen-bond donors (Lipinski definition) is 0. The van der Waals surface area contributed by atoms with Gasteiger partial charge in [-0.05, 0) is 95.7 Å². The fourth-order valence-electron chi connectivity index (χ4n) is 22.6. The van der Waals surface area contributed by atoms with Crippen molar-refractivity contribution in [2.24, 2.45) is 41.2 Å². The quantitative estimate of drug-likeness (QED) is 0.0418. The third-order valence-electron chi connectivity index (χ3n) is 29.6. The lowest BCUT2D eigenvalue weighted by atomic mass is 8.73. The summed E-state index contributed by atoms with van der Waals surface area (Å²) >= 11 is 0. The Labute approximate surface area is 785 Å². The topological polar surface area (TPSA) is 24.3 Å². The van der Waals surface area contributed by atoms with Crippen LogP contribution in [0.4, 0.5) is 0 Å². The molecule has 9 atom stereocenters. The Kier molecular flexibility index (Phi) is 34.5. The van der Waals surface area contributed by atoms with E-state index < -0.39 is 66.9 Å². The van der Waals surface area contributed by atoms with Gasteiger partial charge in [-0.25, -0.2) is 22.8 Å². The van der Waals surface area contributed by atoms with E-state index >= 15 is 0 Å². The number of fused-ring (bicyclic) bond motifs is 1. The molecule has 5 aliphatic heterocycles. The van der Waals surface area contributed by atoms with Gasteiger partial charge in [-0.1, -0.05) is 197 Å². The lowest BCUT2D eigenvalue weighted by molar-refractivity contribution is -0.654. The molecular weight excluding hydrogens is 1450 g/mol. The Balaban J connectivity index is 0.000000163. The van der Waals surface area contributed by atoms with Crippen LogP contribution in [0.15, 0.2) is 170 Å². The van der Waals surface area contributed by atoms with Gasteiger partial charge in [0.25, 0.3) is 32.7 Å². The average molecular weight is 1550 g/mol. The fourth-order valence-corrected chi connectivity index (χ4v) is 22.6. The summed E-state index contributed by atoms with van der Waals surface area (Å²) in [6.45, 7) is 27.1. The Morgan fingerprint density at radius 2 is 0.774 bits per heavy atom. The number of pyridine rings is 4. The first-order valence-corrected chi connectivity index (χ1v) is 44.5. The number of imidazole rings is 1. The molecule has 0 bridgehead atoms. The van der Waals surface area contributed by atoms with Crippen LogP contribution in [-0.2, 0) is 41.7 Å². The van der Waals surface area contributed by atoms with E-state index in [9.17, 15) is 0 Å². The van der Waals surface area contributed by atoms with E-state index in [0.29, 0.717) is 23.6 Å². The number of hydrogen-bond acceptors (Lipinski definition) is 0. The number of nitrogens with zero attached hydrogens (tertiary/aromatic N) is 6. The molecule has 5 saturated heterocycles. The minimum absolute atomic E-state index is 0.127. The van der Waals surface area contributed by atoms with E-state index in [1.54, 1.807) is 28.2 Å². The summed E-state index contributed by atoms with van der Waals surface area (Å²) in [5.41, 5.74) is 20.2. The lowest BCUT2D eigenvalue weighted by Crippen LogP contribution is -2.59. The normalized spacial score (nSPS) is 20.8. The van der Waals surface area contributed by atoms with Crippen LogP contribution >= 0.6 is 0 Å². The average Bonchev–Trinajstić information content (AvgIpc) is 1.54. The first kappa shape index (κ1) is 102. The van der Waals surface area contributed by atoms with Crippen molar-refractivity contribution in [3.63, 3.8) is 0 Å². The Morgan fingerprint density at radius 3 is 1.14 bits per heavy atom. The molecule has 47 heteroatoms. The van der Waals surface area contributed by atoms with Crippen LogP contribution in [0.1, 0.15) is 121 Å². The summed E-state index contributed by atoms with van der Waals surface area (Å²) in [6, 6.07) is 51.8. The highest BCUT2D eigenvalue weighted by Gasteiger charge is 2.75. The molecular formula is C77H94B41N6+5. The standard InChI is InChI=1S/C23H30BN2.C19H23B10N.C15H15B10N.C11H15B10N.C9H11B10N/c1-15(2)17-10-9-11-18(16(3)4)22(17)26-21-13-8-7-12-20(21)25(6)23(26)19-14-24(19)5;1-13(2)11-15-5-7-16(8-6-15)17-9-10-30(4)18(12-17)26-14(3)19(26,27(21)22)28(25-20)29(23)24;1-11-15(23(17)18,24(21-16)25(19)20)22(11)14-10-13(8-9-26(14)2)12-6-4-3-5-7-12;1-7-5-10(22(4)6-8(7)2)18-9(3)11(18,19(13)14)20(17-12)21(15)16;1-7-9(17(11)12,18(15-10)19(13)14)16(7)8-5-3-4-6-20(8)2/h7-13,15-16,19H,14H2,1-6H3;5-10,12-14H,11H2,1-4H3;3-11H,1-2H3;5-6,9H,1-4H3;3-7H,1-2H3/q5*+1/t;14-,19?;11-,15?;9-,11?;/m.111./s1. The molecule has 6 nitrogen and oxygen atoms in total. The SMILES string of the molecule is CB1CC1c1n(-c2c(C(C)C)cccc2C(C)C)c2ccccc2[n+]1C.[B][B]B(B([B])[B])C1(B([B])[B])B(c2cc(-c3ccc(CC(C)C)cc3)cc[n+]2C)[C@@H]1C.[B][B]B(B([B])[B])C1(B([B])[B])B(c2cc(-c3ccccc3)cc[n+]2C)[C@@H]1C.[B][B]B(B([B])[B])C1(B([B])[B])B(c2cc(C)c(C)c[n+]2C)[C@@H]1C.[B][B]B(B([B])[B])C1(B([B])[B])B(c2cccc[n+]2C)C1C. The van der Waals surface area contributed by atoms with Crippen molar-refractivity contribution in [3.8, 4) is 27.9 Å². The monoisotopic (exact) mass is 1550 g/mol. The summed E-state index contributed by atoms with van der Waals surface area (Å²) < 4.78 is 13.5. The zero-order valence-corrected chi connectivity index (χ0v) is 77.1. The molecule has 0 spiro atoms. The minimum Gasteiger partial charge on any atom is -0.230 e. The van der Waals surface area contributed by atoms with Gasteiger partial charge >= 0.3 is 0 Å². The van der Waals surface area contributed by atoms with Crippen molar-refractivity contribution in [1.82, 2.24) is 4.57 Å². The van der Waals surface area contributed by atoms with Gasteiger partial charge in [0, 0.05) is 313 Å². The molecule has 9 aromatic rings. The Bertz CT molecular complexity index is 5070. The predicted molar refractivity (Wildman–Crippen MR) is 578 cm³/mol. The highest BCUT2D eigenvalue weighted by molar-refractivity contribution is 7.79. The number of rotatable bonds is 28. The summed E-state index contributed by atoms with van der Waals surface area (Å²) in [7, 11) is 138. The zero-order chi connectivity index (χ0) is 91.8. The van der Waals surface area contributed by atoms with Gasteiger partial charge in [0.05, 0.1) is 7.05 Å². The highest BCUT2D eigenvalue weighted by atomic mass is 15.2. The number of aromatic nitrogens is 6. The van der Waals surface area contributed by atoms with Crippen LogP contribution in [0.5, 0.6) is 0 Å². The largest absolute Gasteiger partial charge is 0.257 e. The van der Waals surface area contributed by atoms with Crippen LogP contribution in [0, 0.1) is 19.8 Å². The van der Waals surface area contributed by atoms with Gasteiger partial charge in [0.15, 0.2) is 42.5 Å². The third kappa shape index (κ3) is 19.6. The predicted octanol–water partition coefficient (Wildman–Crippen LogP) is -1.61. The maximum Gasteiger partial charge on any atom is 0.257 e. The van der Waals surface area contributed by atoms with Crippen molar-refractivity contribution in [3.05, 3.63) is 204 Å². The van der Waals surface area contributed by atoms with Gasteiger partial charge in [-0.3, -0.25) is 0 Å². The van der Waals surface area contributed by atoms with E-state index in [-0.39, 0.29) is 81.2 Å². The number of para-hydroxylation sites is 3. The molecule has 550 valence electrons. The van der Waals surface area contributed by atoms with Crippen LogP contribution in [0.2, 0.25) is 56.9 Å². The summed E-state index contributed by atoms with van der Waals surface area (Å²) in [5, 5.41) is -1.69. The van der Waals surface area contributed by atoms with Crippen LogP contribution in [0.25, 0.3) is 39.0 Å². The molecule has 5 aromatic heterocycles. The molecule has 5 fully saturated rings. The molecule has 0 aliphatic carbocycles. The fraction of sp³-hybridized carbons (Fsp3) is 0.416. The first-order chi connectivity index (χ1) is 58.5. The van der Waals surface area contributed by atoms with Crippen LogP contribution in [0.3, 0.4) is 0 Å². The van der Waals surface area contributed by atoms with Crippen molar-refractivity contribution in [2.45, 2.75) is 164 Å². The van der Waals surface area contributed by atoms with Crippen molar-refractivity contribution in [1.29, 1.82) is 0 Å². The number of aryl methyl sites for hydroxylation is 7.